The fourth-order valence-electron chi connectivity index (χ4n) is 2.20. The fourth-order valence-corrected chi connectivity index (χ4v) is 3.16. The van der Waals surface area contributed by atoms with Crippen molar-refractivity contribution < 1.29 is 17.9 Å². The zero-order valence-electron chi connectivity index (χ0n) is 13.6. The minimum absolute atomic E-state index is 0.100. The predicted molar refractivity (Wildman–Crippen MR) is 98.8 cm³/mol. The van der Waals surface area contributed by atoms with Crippen LogP contribution in [-0.2, 0) is 15.0 Å². The molecule has 2 rings (SSSR count). The summed E-state index contributed by atoms with van der Waals surface area (Å²) in [7, 11) is -2.45. The van der Waals surface area contributed by atoms with Crippen molar-refractivity contribution in [3.63, 3.8) is 0 Å². The highest BCUT2D eigenvalue weighted by Gasteiger charge is 2.32. The molecular weight excluding hydrogens is 394 g/mol. The summed E-state index contributed by atoms with van der Waals surface area (Å²) in [6.07, 6.45) is 5.83. The Morgan fingerprint density at radius 1 is 1.25 bits per heavy atom. The third-order valence-corrected chi connectivity index (χ3v) is 4.36. The SMILES string of the molecule is CC(C)(C)OC(=O)N(c1cccc(Br)c1)C1C=CC=CC1=S(=O)=O. The van der Waals surface area contributed by atoms with Gasteiger partial charge in [0.15, 0.2) is 0 Å². The van der Waals surface area contributed by atoms with Gasteiger partial charge in [0.2, 0.25) is 10.3 Å². The number of allylic oxidation sites excluding steroid dienone is 2. The van der Waals surface area contributed by atoms with Crippen molar-refractivity contribution in [3.8, 4) is 0 Å². The second-order valence-electron chi connectivity index (χ2n) is 6.16. The first kappa shape index (κ1) is 18.5. The summed E-state index contributed by atoms with van der Waals surface area (Å²) in [5, 5.41) is 0. The maximum Gasteiger partial charge on any atom is 0.415 e. The molecule has 5 nitrogen and oxygen atoms in total. The Morgan fingerprint density at radius 2 is 1.96 bits per heavy atom. The maximum absolute atomic E-state index is 12.8. The van der Waals surface area contributed by atoms with Gasteiger partial charge < -0.3 is 4.74 Å². The third kappa shape index (κ3) is 4.58. The summed E-state index contributed by atoms with van der Waals surface area (Å²) in [5.74, 6) is 0. The number of hydrogen-bond donors (Lipinski definition) is 0. The molecule has 7 heteroatoms. The molecule has 0 saturated heterocycles. The Kier molecular flexibility index (Phi) is 5.66. The fraction of sp³-hybridized carbons (Fsp3) is 0.294. The van der Waals surface area contributed by atoms with Crippen LogP contribution in [0.4, 0.5) is 10.5 Å². The minimum Gasteiger partial charge on any atom is -0.443 e. The van der Waals surface area contributed by atoms with E-state index in [1.54, 1.807) is 57.2 Å². The summed E-state index contributed by atoms with van der Waals surface area (Å²) in [5.41, 5.74) is -0.168. The molecule has 1 atom stereocenters. The predicted octanol–water partition coefficient (Wildman–Crippen LogP) is 3.74. The number of rotatable bonds is 2. The van der Waals surface area contributed by atoms with Gasteiger partial charge in [-0.05, 0) is 45.0 Å². The molecule has 0 saturated carbocycles. The van der Waals surface area contributed by atoms with Crippen LogP contribution in [0.5, 0.6) is 0 Å². The second-order valence-corrected chi connectivity index (χ2v) is 8.01. The quantitative estimate of drug-likeness (QED) is 0.695. The Balaban J connectivity index is 2.55. The third-order valence-electron chi connectivity index (χ3n) is 3.10. The van der Waals surface area contributed by atoms with Crippen LogP contribution in [0.25, 0.3) is 0 Å². The topological polar surface area (TPSA) is 63.7 Å². The lowest BCUT2D eigenvalue weighted by atomic mass is 10.1. The van der Waals surface area contributed by atoms with Crippen LogP contribution in [0.15, 0.2) is 53.0 Å². The van der Waals surface area contributed by atoms with E-state index in [1.165, 1.54) is 11.0 Å². The molecule has 1 aromatic carbocycles. The zero-order chi connectivity index (χ0) is 17.9. The molecular formula is C17H18BrNO4S. The number of nitrogens with zero attached hydrogens (tertiary/aromatic N) is 1. The summed E-state index contributed by atoms with van der Waals surface area (Å²) >= 11 is 3.37. The van der Waals surface area contributed by atoms with Crippen LogP contribution in [0, 0.1) is 0 Å². The zero-order valence-corrected chi connectivity index (χ0v) is 16.0. The van der Waals surface area contributed by atoms with Crippen molar-refractivity contribution >= 4 is 42.9 Å². The monoisotopic (exact) mass is 411 g/mol. The van der Waals surface area contributed by atoms with Gasteiger partial charge in [-0.2, -0.15) is 8.42 Å². The largest absolute Gasteiger partial charge is 0.443 e. The lowest BCUT2D eigenvalue weighted by molar-refractivity contribution is 0.0579. The van der Waals surface area contributed by atoms with Gasteiger partial charge in [-0.3, -0.25) is 4.90 Å². The van der Waals surface area contributed by atoms with Gasteiger partial charge in [0.1, 0.15) is 5.60 Å². The summed E-state index contributed by atoms with van der Waals surface area (Å²) < 4.78 is 29.4. The molecule has 0 heterocycles. The van der Waals surface area contributed by atoms with Gasteiger partial charge in [-0.1, -0.05) is 40.2 Å². The number of amides is 1. The first-order chi connectivity index (χ1) is 11.2. The van der Waals surface area contributed by atoms with Crippen LogP contribution in [0.2, 0.25) is 0 Å². The number of carbonyl (C=O) groups excluding carboxylic acids is 1. The van der Waals surface area contributed by atoms with E-state index in [4.69, 9.17) is 4.74 Å². The molecule has 0 aromatic heterocycles. The van der Waals surface area contributed by atoms with Crippen LogP contribution < -0.4 is 4.90 Å². The van der Waals surface area contributed by atoms with Crippen molar-refractivity contribution in [2.45, 2.75) is 32.4 Å². The highest BCUT2D eigenvalue weighted by molar-refractivity contribution is 9.10. The van der Waals surface area contributed by atoms with E-state index in [0.717, 1.165) is 4.47 Å². The van der Waals surface area contributed by atoms with Gasteiger partial charge in [-0.25, -0.2) is 4.79 Å². The van der Waals surface area contributed by atoms with Crippen LogP contribution in [-0.4, -0.2) is 31.0 Å². The molecule has 1 aromatic rings. The first-order valence-electron chi connectivity index (χ1n) is 7.28. The number of hydrogen-bond acceptors (Lipinski definition) is 4. The van der Waals surface area contributed by atoms with Crippen LogP contribution in [0.3, 0.4) is 0 Å². The number of ether oxygens (including phenoxy) is 1. The lowest BCUT2D eigenvalue weighted by Crippen LogP contribution is -2.47. The highest BCUT2D eigenvalue weighted by atomic mass is 79.9. The minimum atomic E-state index is -2.45. The Hall–Kier alpha value is -1.86. The Bertz CT molecular complexity index is 826. The number of carbonyl (C=O) groups is 1. The van der Waals surface area contributed by atoms with Crippen molar-refractivity contribution in [2.75, 3.05) is 4.90 Å². The number of halogens is 1. The van der Waals surface area contributed by atoms with E-state index in [1.807, 2.05) is 6.07 Å². The van der Waals surface area contributed by atoms with Crippen molar-refractivity contribution in [2.24, 2.45) is 0 Å². The van der Waals surface area contributed by atoms with Gasteiger partial charge in [0.25, 0.3) is 0 Å². The van der Waals surface area contributed by atoms with E-state index in [0.29, 0.717) is 5.69 Å². The van der Waals surface area contributed by atoms with E-state index < -0.39 is 28.0 Å². The maximum atomic E-state index is 12.8. The molecule has 0 spiro atoms. The summed E-state index contributed by atoms with van der Waals surface area (Å²) in [6, 6.07) is 6.29. The molecule has 0 radical (unpaired) electrons. The molecule has 0 aliphatic heterocycles. The normalized spacial score (nSPS) is 16.8. The molecule has 0 N–H and O–H groups in total. The van der Waals surface area contributed by atoms with Crippen molar-refractivity contribution in [3.05, 3.63) is 53.0 Å². The van der Waals surface area contributed by atoms with Crippen LogP contribution >= 0.6 is 15.9 Å². The smallest absolute Gasteiger partial charge is 0.415 e. The number of benzene rings is 1. The Morgan fingerprint density at radius 3 is 2.54 bits per heavy atom. The Labute approximate surface area is 151 Å². The summed E-state index contributed by atoms with van der Waals surface area (Å²) in [4.78, 5) is 14.2. The van der Waals surface area contributed by atoms with Gasteiger partial charge >= 0.3 is 6.09 Å². The standard InChI is InChI=1S/C17H18BrNO4S/c1-17(2,3)23-16(20)19(13-8-6-7-12(18)11-13)14-9-4-5-10-15(14)24(21)22/h4-11,14H,1-3H3. The molecule has 1 aliphatic rings. The molecule has 24 heavy (non-hydrogen) atoms. The highest BCUT2D eigenvalue weighted by Crippen LogP contribution is 2.26. The number of anilines is 1. The molecule has 1 aliphatic carbocycles. The van der Waals surface area contributed by atoms with E-state index >= 15 is 0 Å². The van der Waals surface area contributed by atoms with Gasteiger partial charge in [-0.15, -0.1) is 0 Å². The van der Waals surface area contributed by atoms with Gasteiger partial charge in [0, 0.05) is 10.2 Å². The molecule has 0 fully saturated rings. The second kappa shape index (κ2) is 7.36. The lowest BCUT2D eigenvalue weighted by Gasteiger charge is -2.32. The van der Waals surface area contributed by atoms with E-state index in [-0.39, 0.29) is 4.86 Å². The van der Waals surface area contributed by atoms with Crippen molar-refractivity contribution in [1.29, 1.82) is 0 Å². The molecule has 0 bridgehead atoms. The van der Waals surface area contributed by atoms with E-state index in [9.17, 15) is 13.2 Å². The van der Waals surface area contributed by atoms with Crippen LogP contribution in [0.1, 0.15) is 20.8 Å². The molecule has 1 amide bonds. The molecule has 128 valence electrons. The first-order valence-corrected chi connectivity index (χ1v) is 9.14. The molecule has 1 unspecified atom stereocenters. The van der Waals surface area contributed by atoms with Crippen molar-refractivity contribution in [1.82, 2.24) is 0 Å². The van der Waals surface area contributed by atoms with Gasteiger partial charge in [0.05, 0.1) is 10.9 Å². The average Bonchev–Trinajstić information content (AvgIpc) is 2.46. The summed E-state index contributed by atoms with van der Waals surface area (Å²) in [6.45, 7) is 5.28. The average molecular weight is 412 g/mol. The van der Waals surface area contributed by atoms with E-state index in [2.05, 4.69) is 15.9 Å².